The number of methoxy groups -OCH3 is 1. The van der Waals surface area contributed by atoms with E-state index in [2.05, 4.69) is 23.2 Å². The maximum absolute atomic E-state index is 12.0. The van der Waals surface area contributed by atoms with Gasteiger partial charge >= 0.3 is 5.97 Å². The lowest BCUT2D eigenvalue weighted by molar-refractivity contribution is 0.0600. The molecule has 4 heteroatoms. The lowest BCUT2D eigenvalue weighted by atomic mass is 9.98. The molecule has 21 heavy (non-hydrogen) atoms. The number of nitrogens with one attached hydrogen (secondary N) is 1. The van der Waals surface area contributed by atoms with Crippen LogP contribution >= 0.6 is 0 Å². The van der Waals surface area contributed by atoms with Crippen LogP contribution in [0.4, 0.5) is 5.69 Å². The Morgan fingerprint density at radius 3 is 2.57 bits per heavy atom. The van der Waals surface area contributed by atoms with Gasteiger partial charge in [0.05, 0.1) is 12.7 Å². The highest BCUT2D eigenvalue weighted by atomic mass is 16.5. The molecule has 1 aromatic carbocycles. The minimum Gasteiger partial charge on any atom is -0.465 e. The first-order valence-corrected chi connectivity index (χ1v) is 7.75. The number of aryl methyl sites for hydroxylation is 1. The molecule has 2 rings (SSSR count). The van der Waals surface area contributed by atoms with Crippen LogP contribution in [0.5, 0.6) is 0 Å². The summed E-state index contributed by atoms with van der Waals surface area (Å²) >= 11 is 0. The van der Waals surface area contributed by atoms with Gasteiger partial charge in [-0.05, 0) is 70.0 Å². The Balaban J connectivity index is 2.40. The summed E-state index contributed by atoms with van der Waals surface area (Å²) in [7, 11) is 1.44. The first kappa shape index (κ1) is 15.8. The fourth-order valence-corrected chi connectivity index (χ4v) is 3.20. The third kappa shape index (κ3) is 3.38. The van der Waals surface area contributed by atoms with Crippen molar-refractivity contribution in [3.8, 4) is 0 Å². The molecule has 0 amide bonds. The van der Waals surface area contributed by atoms with E-state index < -0.39 is 0 Å². The van der Waals surface area contributed by atoms with Crippen molar-refractivity contribution in [3.05, 3.63) is 28.8 Å². The van der Waals surface area contributed by atoms with Gasteiger partial charge in [-0.25, -0.2) is 4.79 Å². The van der Waals surface area contributed by atoms with Crippen LogP contribution in [0.3, 0.4) is 0 Å². The van der Waals surface area contributed by atoms with Gasteiger partial charge in [-0.2, -0.15) is 0 Å². The molecule has 1 heterocycles. The third-order valence-electron chi connectivity index (χ3n) is 4.33. The number of carbonyl (C=O) groups is 1. The third-order valence-corrected chi connectivity index (χ3v) is 4.33. The van der Waals surface area contributed by atoms with E-state index in [4.69, 9.17) is 4.74 Å². The molecule has 1 aromatic rings. The average Bonchev–Trinajstić information content (AvgIpc) is 2.51. The number of rotatable bonds is 4. The van der Waals surface area contributed by atoms with Gasteiger partial charge in [0.1, 0.15) is 0 Å². The van der Waals surface area contributed by atoms with Gasteiger partial charge < -0.3 is 15.0 Å². The summed E-state index contributed by atoms with van der Waals surface area (Å²) in [4.78, 5) is 14.4. The van der Waals surface area contributed by atoms with Crippen molar-refractivity contribution < 1.29 is 9.53 Å². The summed E-state index contributed by atoms with van der Waals surface area (Å²) in [6.45, 7) is 9.32. The van der Waals surface area contributed by atoms with Crippen molar-refractivity contribution >= 4 is 11.7 Å². The normalized spacial score (nSPS) is 15.8. The highest BCUT2D eigenvalue weighted by Gasteiger charge is 2.23. The lowest BCUT2D eigenvalue weighted by Crippen LogP contribution is -2.43. The van der Waals surface area contributed by atoms with Gasteiger partial charge in [-0.3, -0.25) is 0 Å². The van der Waals surface area contributed by atoms with Crippen molar-refractivity contribution in [2.45, 2.75) is 39.7 Å². The SMILES string of the molecule is CCN(c1cc(C)cc(C(=O)OC)c1C)C1CCNCC1. The fraction of sp³-hybridized carbons (Fsp3) is 0.588. The molecule has 4 nitrogen and oxygen atoms in total. The maximum atomic E-state index is 12.0. The molecule has 0 aliphatic carbocycles. The number of hydrogen-bond donors (Lipinski definition) is 1. The van der Waals surface area contributed by atoms with Gasteiger partial charge in [0, 0.05) is 18.3 Å². The Kier molecular flexibility index (Phi) is 5.23. The maximum Gasteiger partial charge on any atom is 0.338 e. The molecule has 116 valence electrons. The van der Waals surface area contributed by atoms with E-state index in [1.807, 2.05) is 19.9 Å². The zero-order chi connectivity index (χ0) is 15.4. The minimum absolute atomic E-state index is 0.251. The molecule has 0 spiro atoms. The van der Waals surface area contributed by atoms with E-state index >= 15 is 0 Å². The molecule has 0 unspecified atom stereocenters. The van der Waals surface area contributed by atoms with Crippen molar-refractivity contribution in [1.82, 2.24) is 5.32 Å². The summed E-state index contributed by atoms with van der Waals surface area (Å²) in [5, 5.41) is 3.41. The number of anilines is 1. The summed E-state index contributed by atoms with van der Waals surface area (Å²) in [6.07, 6.45) is 2.30. The molecule has 0 aromatic heterocycles. The van der Waals surface area contributed by atoms with Crippen LogP contribution < -0.4 is 10.2 Å². The molecule has 0 bridgehead atoms. The first-order valence-electron chi connectivity index (χ1n) is 7.75. The summed E-state index contributed by atoms with van der Waals surface area (Å²) < 4.78 is 4.92. The Morgan fingerprint density at radius 2 is 2.00 bits per heavy atom. The van der Waals surface area contributed by atoms with Gasteiger partial charge in [-0.15, -0.1) is 0 Å². The number of ether oxygens (including phenoxy) is 1. The molecule has 1 N–H and O–H groups in total. The fourth-order valence-electron chi connectivity index (χ4n) is 3.20. The van der Waals surface area contributed by atoms with Crippen LogP contribution in [0, 0.1) is 13.8 Å². The number of benzene rings is 1. The number of nitrogens with zero attached hydrogens (tertiary/aromatic N) is 1. The second kappa shape index (κ2) is 6.94. The largest absolute Gasteiger partial charge is 0.465 e. The number of hydrogen-bond acceptors (Lipinski definition) is 4. The summed E-state index contributed by atoms with van der Waals surface area (Å²) in [5.74, 6) is -0.251. The van der Waals surface area contributed by atoms with Gasteiger partial charge in [0.25, 0.3) is 0 Å². The molecule has 1 aliphatic rings. The topological polar surface area (TPSA) is 41.6 Å². The Hall–Kier alpha value is -1.55. The van der Waals surface area contributed by atoms with E-state index in [9.17, 15) is 4.79 Å². The van der Waals surface area contributed by atoms with E-state index in [-0.39, 0.29) is 5.97 Å². The number of esters is 1. The van der Waals surface area contributed by atoms with Gasteiger partial charge in [-0.1, -0.05) is 0 Å². The van der Waals surface area contributed by atoms with E-state index in [1.54, 1.807) is 0 Å². The highest BCUT2D eigenvalue weighted by molar-refractivity contribution is 5.93. The zero-order valence-corrected chi connectivity index (χ0v) is 13.5. The number of carbonyl (C=O) groups excluding carboxylic acids is 1. The van der Waals surface area contributed by atoms with Crippen LogP contribution in [-0.2, 0) is 4.74 Å². The molecule has 0 atom stereocenters. The molecule has 1 saturated heterocycles. The van der Waals surface area contributed by atoms with Crippen molar-refractivity contribution in [2.24, 2.45) is 0 Å². The average molecular weight is 290 g/mol. The van der Waals surface area contributed by atoms with Crippen LogP contribution in [0.15, 0.2) is 12.1 Å². The molecular formula is C17H26N2O2. The second-order valence-electron chi connectivity index (χ2n) is 5.72. The van der Waals surface area contributed by atoms with E-state index in [0.717, 1.165) is 43.6 Å². The predicted molar refractivity (Wildman–Crippen MR) is 86.2 cm³/mol. The summed E-state index contributed by atoms with van der Waals surface area (Å²) in [5.41, 5.74) is 3.97. The Morgan fingerprint density at radius 1 is 1.33 bits per heavy atom. The van der Waals surface area contributed by atoms with Crippen molar-refractivity contribution in [2.75, 3.05) is 31.6 Å². The van der Waals surface area contributed by atoms with E-state index in [1.165, 1.54) is 12.8 Å². The van der Waals surface area contributed by atoms with Gasteiger partial charge in [0.2, 0.25) is 0 Å². The second-order valence-corrected chi connectivity index (χ2v) is 5.72. The summed E-state index contributed by atoms with van der Waals surface area (Å²) in [6, 6.07) is 4.65. The van der Waals surface area contributed by atoms with Crippen LogP contribution in [0.2, 0.25) is 0 Å². The Labute approximate surface area is 127 Å². The minimum atomic E-state index is -0.251. The zero-order valence-electron chi connectivity index (χ0n) is 13.5. The quantitative estimate of drug-likeness (QED) is 0.866. The van der Waals surface area contributed by atoms with Gasteiger partial charge in [0.15, 0.2) is 0 Å². The lowest BCUT2D eigenvalue weighted by Gasteiger charge is -2.37. The molecule has 1 fully saturated rings. The van der Waals surface area contributed by atoms with Crippen LogP contribution in [-0.4, -0.2) is 38.8 Å². The van der Waals surface area contributed by atoms with Crippen molar-refractivity contribution in [1.29, 1.82) is 0 Å². The number of piperidine rings is 1. The molecular weight excluding hydrogens is 264 g/mol. The molecule has 1 aliphatic heterocycles. The standard InChI is InChI=1S/C17H26N2O2/c1-5-19(14-6-8-18-9-7-14)16-11-12(2)10-15(13(16)3)17(20)21-4/h10-11,14,18H,5-9H2,1-4H3. The van der Waals surface area contributed by atoms with E-state index in [0.29, 0.717) is 11.6 Å². The van der Waals surface area contributed by atoms with Crippen LogP contribution in [0.25, 0.3) is 0 Å². The van der Waals surface area contributed by atoms with Crippen LogP contribution in [0.1, 0.15) is 41.3 Å². The highest BCUT2D eigenvalue weighted by Crippen LogP contribution is 2.29. The smallest absolute Gasteiger partial charge is 0.338 e. The first-order chi connectivity index (χ1) is 10.1. The van der Waals surface area contributed by atoms with Crippen molar-refractivity contribution in [3.63, 3.8) is 0 Å². The molecule has 0 saturated carbocycles. The Bertz CT molecular complexity index is 508. The monoisotopic (exact) mass is 290 g/mol. The predicted octanol–water partition coefficient (Wildman–Crippen LogP) is 2.67. The molecule has 0 radical (unpaired) electrons.